The summed E-state index contributed by atoms with van der Waals surface area (Å²) in [5, 5.41) is 27.4. The van der Waals surface area contributed by atoms with Crippen molar-refractivity contribution in [3.63, 3.8) is 0 Å². The summed E-state index contributed by atoms with van der Waals surface area (Å²) in [5.41, 5.74) is 10.9. The van der Waals surface area contributed by atoms with Crippen LogP contribution in [0, 0.1) is 5.92 Å². The van der Waals surface area contributed by atoms with Gasteiger partial charge in [-0.25, -0.2) is 0 Å². The lowest BCUT2D eigenvalue weighted by Crippen LogP contribution is -2.60. The van der Waals surface area contributed by atoms with Crippen molar-refractivity contribution in [1.29, 1.82) is 0 Å². The molecule has 13 heavy (non-hydrogen) atoms. The Bertz CT molecular complexity index is 197. The van der Waals surface area contributed by atoms with Gasteiger partial charge in [0, 0.05) is 12.1 Å². The molecule has 1 saturated carbocycles. The molecule has 1 aliphatic carbocycles. The van der Waals surface area contributed by atoms with E-state index in [4.69, 9.17) is 16.6 Å². The van der Waals surface area contributed by atoms with E-state index < -0.39 is 36.2 Å². The first-order valence-corrected chi connectivity index (χ1v) is 4.05. The van der Waals surface area contributed by atoms with Crippen LogP contribution in [0.1, 0.15) is 6.42 Å². The molecule has 0 spiro atoms. The van der Waals surface area contributed by atoms with Gasteiger partial charge in [0.15, 0.2) is 0 Å². The van der Waals surface area contributed by atoms with E-state index in [1.807, 2.05) is 0 Å². The molecular weight excluding hydrogens is 176 g/mol. The molecule has 0 aromatic heterocycles. The molecule has 0 aromatic carbocycles. The number of carboxylic acid groups (broad SMARTS) is 1. The van der Waals surface area contributed by atoms with Crippen LogP contribution >= 0.6 is 0 Å². The molecule has 0 radical (unpaired) electrons. The minimum Gasteiger partial charge on any atom is -0.481 e. The van der Waals surface area contributed by atoms with Crippen molar-refractivity contribution in [1.82, 2.24) is 0 Å². The van der Waals surface area contributed by atoms with Crippen molar-refractivity contribution < 1.29 is 20.1 Å². The molecule has 0 amide bonds. The second-order valence-electron chi connectivity index (χ2n) is 3.41. The summed E-state index contributed by atoms with van der Waals surface area (Å²) in [7, 11) is 0. The Morgan fingerprint density at radius 1 is 1.15 bits per heavy atom. The van der Waals surface area contributed by atoms with Crippen molar-refractivity contribution in [2.45, 2.75) is 30.7 Å². The number of aliphatic carboxylic acids is 1. The summed E-state index contributed by atoms with van der Waals surface area (Å²) in [4.78, 5) is 10.6. The average Bonchev–Trinajstić information content (AvgIpc) is 2.01. The average molecular weight is 190 g/mol. The number of rotatable bonds is 1. The van der Waals surface area contributed by atoms with Crippen LogP contribution in [0.4, 0.5) is 0 Å². The largest absolute Gasteiger partial charge is 0.481 e. The first-order chi connectivity index (χ1) is 5.95. The molecule has 1 fully saturated rings. The van der Waals surface area contributed by atoms with E-state index in [-0.39, 0.29) is 6.42 Å². The van der Waals surface area contributed by atoms with Crippen LogP contribution in [0.5, 0.6) is 0 Å². The number of hydrogen-bond acceptors (Lipinski definition) is 5. The van der Waals surface area contributed by atoms with E-state index in [1.165, 1.54) is 0 Å². The highest BCUT2D eigenvalue weighted by molar-refractivity contribution is 5.72. The molecule has 0 heterocycles. The summed E-state index contributed by atoms with van der Waals surface area (Å²) < 4.78 is 0. The SMILES string of the molecule is NC1CC(N)C(O)C(C(=O)O)C1O. The van der Waals surface area contributed by atoms with Gasteiger partial charge < -0.3 is 26.8 Å². The maximum Gasteiger partial charge on any atom is 0.311 e. The molecule has 0 bridgehead atoms. The van der Waals surface area contributed by atoms with E-state index in [9.17, 15) is 15.0 Å². The number of carbonyl (C=O) groups is 1. The molecule has 0 aromatic rings. The van der Waals surface area contributed by atoms with Gasteiger partial charge in [-0.2, -0.15) is 0 Å². The molecule has 1 rings (SSSR count). The lowest BCUT2D eigenvalue weighted by molar-refractivity contribution is -0.156. The van der Waals surface area contributed by atoms with E-state index in [2.05, 4.69) is 0 Å². The number of aliphatic hydroxyl groups is 2. The van der Waals surface area contributed by atoms with Crippen LogP contribution in [-0.2, 0) is 4.79 Å². The van der Waals surface area contributed by atoms with Crippen molar-refractivity contribution >= 4 is 5.97 Å². The fraction of sp³-hybridized carbons (Fsp3) is 0.857. The van der Waals surface area contributed by atoms with Crippen LogP contribution in [0.3, 0.4) is 0 Å². The van der Waals surface area contributed by atoms with Gasteiger partial charge in [0.25, 0.3) is 0 Å². The molecule has 4 unspecified atom stereocenters. The smallest absolute Gasteiger partial charge is 0.311 e. The minimum absolute atomic E-state index is 0.228. The topological polar surface area (TPSA) is 130 Å². The Hall–Kier alpha value is -0.690. The van der Waals surface area contributed by atoms with E-state index in [0.29, 0.717) is 0 Å². The van der Waals surface area contributed by atoms with Crippen LogP contribution in [0.2, 0.25) is 0 Å². The van der Waals surface area contributed by atoms with E-state index in [0.717, 1.165) is 0 Å². The summed E-state index contributed by atoms with van der Waals surface area (Å²) in [6.07, 6.45) is -2.23. The standard InChI is InChI=1S/C7H14N2O4/c8-2-1-3(9)6(11)4(5(2)10)7(12)13/h2-6,10-11H,1,8-9H2,(H,12,13). The van der Waals surface area contributed by atoms with Gasteiger partial charge in [-0.1, -0.05) is 0 Å². The van der Waals surface area contributed by atoms with E-state index >= 15 is 0 Å². The van der Waals surface area contributed by atoms with Crippen LogP contribution < -0.4 is 11.5 Å². The first kappa shape index (κ1) is 10.4. The van der Waals surface area contributed by atoms with Crippen molar-refractivity contribution in [3.05, 3.63) is 0 Å². The highest BCUT2D eigenvalue weighted by Gasteiger charge is 2.44. The third-order valence-electron chi connectivity index (χ3n) is 2.44. The maximum atomic E-state index is 10.6. The first-order valence-electron chi connectivity index (χ1n) is 4.05. The van der Waals surface area contributed by atoms with Crippen LogP contribution in [0.15, 0.2) is 0 Å². The minimum atomic E-state index is -1.28. The van der Waals surface area contributed by atoms with Crippen LogP contribution in [0.25, 0.3) is 0 Å². The highest BCUT2D eigenvalue weighted by atomic mass is 16.4. The molecule has 0 aliphatic heterocycles. The van der Waals surface area contributed by atoms with Gasteiger partial charge in [-0.05, 0) is 6.42 Å². The molecule has 0 saturated heterocycles. The number of hydrogen-bond donors (Lipinski definition) is 5. The van der Waals surface area contributed by atoms with Gasteiger partial charge in [0.05, 0.1) is 12.2 Å². The van der Waals surface area contributed by atoms with Crippen molar-refractivity contribution in [2.75, 3.05) is 0 Å². The predicted molar refractivity (Wildman–Crippen MR) is 43.7 cm³/mol. The van der Waals surface area contributed by atoms with Gasteiger partial charge in [-0.15, -0.1) is 0 Å². The molecule has 1 aliphatic rings. The molecule has 76 valence electrons. The maximum absolute atomic E-state index is 10.6. The summed E-state index contributed by atoms with van der Waals surface area (Å²) >= 11 is 0. The monoisotopic (exact) mass is 190 g/mol. The summed E-state index contributed by atoms with van der Waals surface area (Å²) in [6.45, 7) is 0. The summed E-state index contributed by atoms with van der Waals surface area (Å²) in [6, 6.07) is -1.36. The number of aliphatic hydroxyl groups excluding tert-OH is 2. The molecule has 4 atom stereocenters. The molecule has 6 nitrogen and oxygen atoms in total. The van der Waals surface area contributed by atoms with Gasteiger partial charge >= 0.3 is 5.97 Å². The second kappa shape index (κ2) is 3.59. The van der Waals surface area contributed by atoms with Crippen LogP contribution in [-0.4, -0.2) is 45.6 Å². The Labute approximate surface area is 75.1 Å². The Balaban J connectivity index is 2.82. The fourth-order valence-electron chi connectivity index (χ4n) is 1.62. The third kappa shape index (κ3) is 1.80. The molecule has 6 heteroatoms. The quantitative estimate of drug-likeness (QED) is 0.310. The van der Waals surface area contributed by atoms with Gasteiger partial charge in [0.1, 0.15) is 5.92 Å². The Morgan fingerprint density at radius 3 is 1.85 bits per heavy atom. The normalized spacial score (nSPS) is 46.0. The lowest BCUT2D eigenvalue weighted by atomic mass is 9.78. The third-order valence-corrected chi connectivity index (χ3v) is 2.44. The highest BCUT2D eigenvalue weighted by Crippen LogP contribution is 2.23. The Morgan fingerprint density at radius 2 is 1.54 bits per heavy atom. The zero-order chi connectivity index (χ0) is 10.2. The lowest BCUT2D eigenvalue weighted by Gasteiger charge is -2.37. The predicted octanol–water partition coefficient (Wildman–Crippen LogP) is -2.53. The van der Waals surface area contributed by atoms with Gasteiger partial charge in [-0.3, -0.25) is 4.79 Å². The number of nitrogens with two attached hydrogens (primary N) is 2. The van der Waals surface area contributed by atoms with Gasteiger partial charge in [0.2, 0.25) is 0 Å². The zero-order valence-electron chi connectivity index (χ0n) is 7.00. The second-order valence-corrected chi connectivity index (χ2v) is 3.41. The van der Waals surface area contributed by atoms with Crippen molar-refractivity contribution in [2.24, 2.45) is 17.4 Å². The molecule has 7 N–H and O–H groups in total. The molecular formula is C7H14N2O4. The van der Waals surface area contributed by atoms with E-state index in [1.54, 1.807) is 0 Å². The Kier molecular flexibility index (Phi) is 2.87. The zero-order valence-corrected chi connectivity index (χ0v) is 7.00. The summed E-state index contributed by atoms with van der Waals surface area (Å²) in [5.74, 6) is -2.55. The van der Waals surface area contributed by atoms with Crippen molar-refractivity contribution in [3.8, 4) is 0 Å². The number of carboxylic acids is 1. The fourth-order valence-corrected chi connectivity index (χ4v) is 1.62.